The van der Waals surface area contributed by atoms with Crippen LogP contribution in [0.15, 0.2) is 57.9 Å². The number of benzene rings is 2. The highest BCUT2D eigenvalue weighted by atomic mass is 32.2. The molecule has 1 heterocycles. The number of methoxy groups -OCH3 is 1. The van der Waals surface area contributed by atoms with Gasteiger partial charge >= 0.3 is 0 Å². The van der Waals surface area contributed by atoms with Crippen molar-refractivity contribution in [1.29, 1.82) is 0 Å². The summed E-state index contributed by atoms with van der Waals surface area (Å²) in [6, 6.07) is 14.5. The summed E-state index contributed by atoms with van der Waals surface area (Å²) >= 11 is 0. The number of anilines is 1. The minimum Gasteiger partial charge on any atom is -0.495 e. The third-order valence-corrected chi connectivity index (χ3v) is 6.13. The van der Waals surface area contributed by atoms with Crippen LogP contribution in [0.5, 0.6) is 5.75 Å². The number of ether oxygens (including phenoxy) is 1. The normalized spacial score (nSPS) is 11.6. The topological polar surface area (TPSA) is 111 Å². The number of sulfonamides is 1. The molecule has 0 spiro atoms. The highest BCUT2D eigenvalue weighted by Crippen LogP contribution is 2.27. The van der Waals surface area contributed by atoms with E-state index >= 15 is 0 Å². The maximum absolute atomic E-state index is 12.9. The van der Waals surface area contributed by atoms with Crippen LogP contribution in [0, 0.1) is 6.92 Å². The summed E-state index contributed by atoms with van der Waals surface area (Å²) in [6.45, 7) is 3.36. The van der Waals surface area contributed by atoms with E-state index in [2.05, 4.69) is 15.2 Å². The third-order valence-electron chi connectivity index (χ3n) is 4.64. The first-order chi connectivity index (χ1) is 15.3. The van der Waals surface area contributed by atoms with Crippen molar-refractivity contribution in [3.05, 3.63) is 71.1 Å². The second kappa shape index (κ2) is 10.3. The smallest absolute Gasteiger partial charge is 0.244 e. The van der Waals surface area contributed by atoms with Crippen LogP contribution in [0.25, 0.3) is 12.2 Å². The van der Waals surface area contributed by atoms with Gasteiger partial charge in [-0.25, -0.2) is 13.1 Å². The lowest BCUT2D eigenvalue weighted by atomic mass is 10.2. The van der Waals surface area contributed by atoms with Gasteiger partial charge in [0.1, 0.15) is 22.0 Å². The van der Waals surface area contributed by atoms with Crippen molar-refractivity contribution in [3.63, 3.8) is 0 Å². The molecule has 0 atom stereocenters. The summed E-state index contributed by atoms with van der Waals surface area (Å²) in [7, 11) is -2.38. The largest absolute Gasteiger partial charge is 0.495 e. The summed E-state index contributed by atoms with van der Waals surface area (Å²) in [4.78, 5) is 11.4. The Bertz CT molecular complexity index is 1220. The molecular formula is C23H25N3O5S. The van der Waals surface area contributed by atoms with Gasteiger partial charge in [-0.15, -0.1) is 0 Å². The molecule has 3 aromatic rings. The highest BCUT2D eigenvalue weighted by molar-refractivity contribution is 7.89. The zero-order valence-electron chi connectivity index (χ0n) is 18.1. The number of amides is 1. The Balaban J connectivity index is 1.81. The van der Waals surface area contributed by atoms with E-state index in [4.69, 9.17) is 9.26 Å². The molecule has 3 rings (SSSR count). The number of aromatic nitrogens is 1. The number of carbonyl (C=O) groups is 1. The first-order valence-electron chi connectivity index (χ1n) is 9.93. The Hall–Kier alpha value is -3.43. The summed E-state index contributed by atoms with van der Waals surface area (Å²) in [5.41, 5.74) is 2.66. The minimum atomic E-state index is -3.80. The van der Waals surface area contributed by atoms with Gasteiger partial charge in [0, 0.05) is 13.5 Å². The summed E-state index contributed by atoms with van der Waals surface area (Å²) < 4.78 is 39.0. The van der Waals surface area contributed by atoms with Gasteiger partial charge in [-0.1, -0.05) is 47.6 Å². The standard InChI is InChI=1S/C23H25N3O5S/c1-16-23(25-17(2)27)21(31-26-16)12-10-19-9-11-20(30-3)22(15-19)32(28,29)24-14-13-18-7-5-4-6-8-18/h4-12,15,24H,13-14H2,1-3H3,(H,25,27). The third kappa shape index (κ3) is 5.83. The fraction of sp³-hybridized carbons (Fsp3) is 0.217. The fourth-order valence-electron chi connectivity index (χ4n) is 3.06. The van der Waals surface area contributed by atoms with Crippen LogP contribution in [0.3, 0.4) is 0 Å². The Morgan fingerprint density at radius 3 is 2.59 bits per heavy atom. The van der Waals surface area contributed by atoms with Crippen LogP contribution in [0.2, 0.25) is 0 Å². The second-order valence-corrected chi connectivity index (χ2v) is 8.80. The predicted octanol–water partition coefficient (Wildman–Crippen LogP) is 3.64. The van der Waals surface area contributed by atoms with Crippen molar-refractivity contribution in [3.8, 4) is 5.75 Å². The predicted molar refractivity (Wildman–Crippen MR) is 123 cm³/mol. The van der Waals surface area contributed by atoms with Crippen LogP contribution in [0.1, 0.15) is 29.5 Å². The number of hydrogen-bond donors (Lipinski definition) is 2. The molecule has 0 saturated carbocycles. The van der Waals surface area contributed by atoms with E-state index in [1.165, 1.54) is 20.1 Å². The second-order valence-electron chi connectivity index (χ2n) is 7.07. The average Bonchev–Trinajstić information content (AvgIpc) is 3.11. The van der Waals surface area contributed by atoms with Crippen LogP contribution in [-0.4, -0.2) is 33.1 Å². The lowest BCUT2D eigenvalue weighted by Gasteiger charge is -2.12. The Kier molecular flexibility index (Phi) is 7.45. The van der Waals surface area contributed by atoms with Crippen molar-refractivity contribution in [1.82, 2.24) is 9.88 Å². The zero-order valence-corrected chi connectivity index (χ0v) is 18.9. The van der Waals surface area contributed by atoms with E-state index in [0.717, 1.165) is 5.56 Å². The van der Waals surface area contributed by atoms with Gasteiger partial charge in [0.05, 0.1) is 7.11 Å². The highest BCUT2D eigenvalue weighted by Gasteiger charge is 2.19. The molecule has 2 N–H and O–H groups in total. The molecule has 0 fully saturated rings. The molecule has 168 valence electrons. The van der Waals surface area contributed by atoms with Gasteiger partial charge < -0.3 is 14.6 Å². The summed E-state index contributed by atoms with van der Waals surface area (Å²) in [5.74, 6) is 0.355. The lowest BCUT2D eigenvalue weighted by molar-refractivity contribution is -0.114. The fourth-order valence-corrected chi connectivity index (χ4v) is 4.29. The number of nitrogens with zero attached hydrogens (tertiary/aromatic N) is 1. The molecule has 0 radical (unpaired) electrons. The number of carbonyl (C=O) groups excluding carboxylic acids is 1. The Labute approximate surface area is 187 Å². The number of rotatable bonds is 9. The van der Waals surface area contributed by atoms with Gasteiger partial charge in [-0.2, -0.15) is 0 Å². The molecular weight excluding hydrogens is 430 g/mol. The molecule has 0 aliphatic heterocycles. The minimum absolute atomic E-state index is 0.0334. The van der Waals surface area contributed by atoms with E-state index in [1.807, 2.05) is 30.3 Å². The van der Waals surface area contributed by atoms with Crippen molar-refractivity contribution in [2.24, 2.45) is 0 Å². The van der Waals surface area contributed by atoms with Crippen molar-refractivity contribution < 1.29 is 22.5 Å². The molecule has 0 bridgehead atoms. The zero-order chi connectivity index (χ0) is 23.1. The molecule has 0 unspecified atom stereocenters. The van der Waals surface area contributed by atoms with E-state index in [9.17, 15) is 13.2 Å². The SMILES string of the molecule is COc1ccc(C=Cc2onc(C)c2NC(C)=O)cc1S(=O)(=O)NCCc1ccccc1. The van der Waals surface area contributed by atoms with Gasteiger partial charge in [0.15, 0.2) is 5.76 Å². The maximum Gasteiger partial charge on any atom is 0.244 e. The summed E-state index contributed by atoms with van der Waals surface area (Å²) in [5, 5.41) is 6.53. The van der Waals surface area contributed by atoms with Gasteiger partial charge in [0.25, 0.3) is 0 Å². The molecule has 2 aromatic carbocycles. The number of nitrogens with one attached hydrogen (secondary N) is 2. The van der Waals surface area contributed by atoms with Crippen molar-refractivity contribution >= 4 is 33.8 Å². The average molecular weight is 456 g/mol. The Morgan fingerprint density at radius 1 is 1.16 bits per heavy atom. The van der Waals surface area contributed by atoms with Gasteiger partial charge in [-0.3, -0.25) is 4.79 Å². The molecule has 0 saturated heterocycles. The first kappa shape index (κ1) is 23.2. The van der Waals surface area contributed by atoms with E-state index in [-0.39, 0.29) is 23.1 Å². The van der Waals surface area contributed by atoms with E-state index in [1.54, 1.807) is 31.2 Å². The van der Waals surface area contributed by atoms with Crippen molar-refractivity contribution in [2.75, 3.05) is 19.0 Å². The van der Waals surface area contributed by atoms with Gasteiger partial charge in [0.2, 0.25) is 15.9 Å². The van der Waals surface area contributed by atoms with Crippen LogP contribution in [-0.2, 0) is 21.2 Å². The first-order valence-corrected chi connectivity index (χ1v) is 11.4. The molecule has 0 aliphatic rings. The molecule has 0 aliphatic carbocycles. The van der Waals surface area contributed by atoms with Crippen LogP contribution < -0.4 is 14.8 Å². The maximum atomic E-state index is 12.9. The molecule has 9 heteroatoms. The van der Waals surface area contributed by atoms with Crippen LogP contribution in [0.4, 0.5) is 5.69 Å². The quantitative estimate of drug-likeness (QED) is 0.510. The molecule has 1 amide bonds. The monoisotopic (exact) mass is 455 g/mol. The van der Waals surface area contributed by atoms with E-state index < -0.39 is 10.0 Å². The molecule has 8 nitrogen and oxygen atoms in total. The number of hydrogen-bond acceptors (Lipinski definition) is 6. The van der Waals surface area contributed by atoms with Crippen LogP contribution >= 0.6 is 0 Å². The summed E-state index contributed by atoms with van der Waals surface area (Å²) in [6.07, 6.45) is 3.86. The van der Waals surface area contributed by atoms with Gasteiger partial charge in [-0.05, 0) is 42.7 Å². The van der Waals surface area contributed by atoms with Crippen molar-refractivity contribution in [2.45, 2.75) is 25.2 Å². The molecule has 32 heavy (non-hydrogen) atoms. The molecule has 1 aromatic heterocycles. The number of aryl methyl sites for hydroxylation is 1. The lowest BCUT2D eigenvalue weighted by Crippen LogP contribution is -2.26. The Morgan fingerprint density at radius 2 is 1.91 bits per heavy atom. The van der Waals surface area contributed by atoms with E-state index in [0.29, 0.717) is 29.1 Å².